The van der Waals surface area contributed by atoms with Crippen LogP contribution >= 0.6 is 0 Å². The van der Waals surface area contributed by atoms with Crippen LogP contribution in [0.5, 0.6) is 5.75 Å². The minimum absolute atomic E-state index is 0.0562. The Balaban J connectivity index is 2.23. The van der Waals surface area contributed by atoms with E-state index in [9.17, 15) is 4.79 Å². The molecule has 2 aromatic rings. The van der Waals surface area contributed by atoms with Gasteiger partial charge in [-0.25, -0.2) is 4.79 Å². The number of rotatable bonds is 5. The number of hydrogen-bond donors (Lipinski definition) is 1. The Kier molecular flexibility index (Phi) is 5.86. The van der Waals surface area contributed by atoms with Gasteiger partial charge in [0.2, 0.25) is 0 Å². The van der Waals surface area contributed by atoms with Crippen molar-refractivity contribution in [3.63, 3.8) is 0 Å². The van der Waals surface area contributed by atoms with Gasteiger partial charge in [-0.2, -0.15) is 0 Å². The van der Waals surface area contributed by atoms with E-state index in [0.717, 1.165) is 24.2 Å². The number of benzene rings is 2. The van der Waals surface area contributed by atoms with Crippen molar-refractivity contribution in [3.05, 3.63) is 63.7 Å². The first-order valence-electron chi connectivity index (χ1n) is 10.8. The number of ether oxygens (including phenoxy) is 1. The van der Waals surface area contributed by atoms with E-state index in [-0.39, 0.29) is 10.8 Å². The van der Waals surface area contributed by atoms with Crippen molar-refractivity contribution in [2.45, 2.75) is 71.6 Å². The SMILES string of the molecule is CC/C(=C\c1ccc(C(=O)O)cc1)c1c(C)cc2c(c1OC)C(C)(C)CCC2(C)C. The molecule has 3 nitrogen and oxygen atoms in total. The Labute approximate surface area is 180 Å². The second-order valence-corrected chi connectivity index (χ2v) is 9.74. The molecule has 1 aliphatic rings. The molecule has 0 amide bonds. The van der Waals surface area contributed by atoms with Crippen molar-refractivity contribution in [3.8, 4) is 5.75 Å². The Hall–Kier alpha value is -2.55. The number of carboxylic acids is 1. The number of carbonyl (C=O) groups is 1. The van der Waals surface area contributed by atoms with Gasteiger partial charge in [0, 0.05) is 11.1 Å². The molecule has 0 saturated carbocycles. The lowest BCUT2D eigenvalue weighted by molar-refractivity contribution is 0.0697. The summed E-state index contributed by atoms with van der Waals surface area (Å²) >= 11 is 0. The molecular formula is C27H34O3. The van der Waals surface area contributed by atoms with Crippen LogP contribution in [0.4, 0.5) is 0 Å². The Bertz CT molecular complexity index is 992. The van der Waals surface area contributed by atoms with Crippen LogP contribution in [0.2, 0.25) is 0 Å². The van der Waals surface area contributed by atoms with Gasteiger partial charge in [-0.1, -0.05) is 58.9 Å². The lowest BCUT2D eigenvalue weighted by Gasteiger charge is -2.43. The summed E-state index contributed by atoms with van der Waals surface area (Å²) in [5.41, 5.74) is 7.82. The van der Waals surface area contributed by atoms with Gasteiger partial charge in [0.1, 0.15) is 5.75 Å². The van der Waals surface area contributed by atoms with E-state index in [4.69, 9.17) is 9.84 Å². The molecule has 0 fully saturated rings. The van der Waals surface area contributed by atoms with Gasteiger partial charge in [0.25, 0.3) is 0 Å². The van der Waals surface area contributed by atoms with Gasteiger partial charge in [0.15, 0.2) is 0 Å². The van der Waals surface area contributed by atoms with E-state index >= 15 is 0 Å². The number of aromatic carboxylic acids is 1. The molecule has 3 rings (SSSR count). The van der Waals surface area contributed by atoms with Gasteiger partial charge >= 0.3 is 5.97 Å². The summed E-state index contributed by atoms with van der Waals surface area (Å²) in [4.78, 5) is 11.2. The first kappa shape index (κ1) is 22.1. The van der Waals surface area contributed by atoms with E-state index in [0.29, 0.717) is 5.56 Å². The predicted molar refractivity (Wildman–Crippen MR) is 125 cm³/mol. The molecule has 0 spiro atoms. The van der Waals surface area contributed by atoms with Gasteiger partial charge in [0.05, 0.1) is 12.7 Å². The summed E-state index contributed by atoms with van der Waals surface area (Å²) in [6.07, 6.45) is 5.32. The number of methoxy groups -OCH3 is 1. The quantitative estimate of drug-likeness (QED) is 0.544. The topological polar surface area (TPSA) is 46.5 Å². The molecule has 1 aliphatic carbocycles. The lowest BCUT2D eigenvalue weighted by atomic mass is 9.62. The smallest absolute Gasteiger partial charge is 0.335 e. The Morgan fingerprint density at radius 2 is 1.70 bits per heavy atom. The fraction of sp³-hybridized carbons (Fsp3) is 0.444. The number of carboxylic acid groups (broad SMARTS) is 1. The molecule has 0 heterocycles. The zero-order valence-corrected chi connectivity index (χ0v) is 19.3. The molecule has 0 saturated heterocycles. The van der Waals surface area contributed by atoms with Gasteiger partial charge in [-0.15, -0.1) is 0 Å². The average molecular weight is 407 g/mol. The maximum atomic E-state index is 11.2. The Morgan fingerprint density at radius 3 is 2.23 bits per heavy atom. The summed E-state index contributed by atoms with van der Waals surface area (Å²) < 4.78 is 6.11. The number of hydrogen-bond acceptors (Lipinski definition) is 2. The van der Waals surface area contributed by atoms with Gasteiger partial charge in [-0.3, -0.25) is 0 Å². The largest absolute Gasteiger partial charge is 0.496 e. The number of fused-ring (bicyclic) bond motifs is 1. The second kappa shape index (κ2) is 7.94. The molecule has 2 aromatic carbocycles. The van der Waals surface area contributed by atoms with Crippen molar-refractivity contribution >= 4 is 17.6 Å². The molecule has 30 heavy (non-hydrogen) atoms. The van der Waals surface area contributed by atoms with Crippen LogP contribution in [-0.4, -0.2) is 18.2 Å². The molecule has 0 unspecified atom stereocenters. The lowest BCUT2D eigenvalue weighted by Crippen LogP contribution is -2.34. The van der Waals surface area contributed by atoms with Crippen molar-refractivity contribution in [1.82, 2.24) is 0 Å². The fourth-order valence-electron chi connectivity index (χ4n) is 4.75. The monoisotopic (exact) mass is 406 g/mol. The molecule has 0 aromatic heterocycles. The van der Waals surface area contributed by atoms with Crippen molar-refractivity contribution < 1.29 is 14.6 Å². The highest BCUT2D eigenvalue weighted by Crippen LogP contribution is 2.52. The molecule has 0 radical (unpaired) electrons. The van der Waals surface area contributed by atoms with Crippen LogP contribution in [0.1, 0.15) is 92.1 Å². The van der Waals surface area contributed by atoms with Crippen LogP contribution in [0.3, 0.4) is 0 Å². The fourth-order valence-corrected chi connectivity index (χ4v) is 4.75. The molecular weight excluding hydrogens is 372 g/mol. The Morgan fingerprint density at radius 1 is 1.10 bits per heavy atom. The van der Waals surface area contributed by atoms with Crippen LogP contribution in [-0.2, 0) is 10.8 Å². The van der Waals surface area contributed by atoms with Crippen LogP contribution in [0.25, 0.3) is 11.6 Å². The molecule has 0 bridgehead atoms. The highest BCUT2D eigenvalue weighted by Gasteiger charge is 2.40. The van der Waals surface area contributed by atoms with E-state index in [1.165, 1.54) is 34.2 Å². The van der Waals surface area contributed by atoms with E-state index in [2.05, 4.69) is 53.7 Å². The van der Waals surface area contributed by atoms with E-state index in [1.807, 2.05) is 12.1 Å². The van der Waals surface area contributed by atoms with E-state index < -0.39 is 5.97 Å². The maximum absolute atomic E-state index is 11.2. The minimum atomic E-state index is -0.904. The first-order valence-corrected chi connectivity index (χ1v) is 10.8. The minimum Gasteiger partial charge on any atom is -0.496 e. The summed E-state index contributed by atoms with van der Waals surface area (Å²) in [6, 6.07) is 9.41. The van der Waals surface area contributed by atoms with Crippen molar-refractivity contribution in [1.29, 1.82) is 0 Å². The van der Waals surface area contributed by atoms with Gasteiger partial charge < -0.3 is 9.84 Å². The summed E-state index contributed by atoms with van der Waals surface area (Å²) in [6.45, 7) is 13.6. The predicted octanol–water partition coefficient (Wildman–Crippen LogP) is 7.00. The third-order valence-corrected chi connectivity index (χ3v) is 6.66. The normalized spacial score (nSPS) is 17.4. The second-order valence-electron chi connectivity index (χ2n) is 9.74. The van der Waals surface area contributed by atoms with Crippen LogP contribution < -0.4 is 4.74 Å². The molecule has 0 aliphatic heterocycles. The van der Waals surface area contributed by atoms with E-state index in [1.54, 1.807) is 19.2 Å². The average Bonchev–Trinajstić information content (AvgIpc) is 2.69. The summed E-state index contributed by atoms with van der Waals surface area (Å²) in [5.74, 6) is 0.0938. The molecule has 1 N–H and O–H groups in total. The van der Waals surface area contributed by atoms with Crippen LogP contribution in [0, 0.1) is 6.92 Å². The van der Waals surface area contributed by atoms with Crippen molar-refractivity contribution in [2.24, 2.45) is 0 Å². The zero-order valence-electron chi connectivity index (χ0n) is 19.3. The summed E-state index contributed by atoms with van der Waals surface area (Å²) in [7, 11) is 1.78. The highest BCUT2D eigenvalue weighted by molar-refractivity contribution is 5.89. The first-order chi connectivity index (χ1) is 14.0. The third-order valence-electron chi connectivity index (χ3n) is 6.66. The standard InChI is InChI=1S/C27H34O3/c1-8-19(16-18-9-11-20(12-10-18)25(28)29)22-17(2)15-21-23(24(22)30-7)27(5,6)14-13-26(21,3)4/h9-12,15-16H,8,13-14H2,1-7H3,(H,28,29)/b19-16+. The zero-order chi connectivity index (χ0) is 22.3. The number of aryl methyl sites for hydroxylation is 1. The van der Waals surface area contributed by atoms with Crippen LogP contribution in [0.15, 0.2) is 30.3 Å². The summed E-state index contributed by atoms with van der Waals surface area (Å²) in [5, 5.41) is 9.16. The molecule has 0 atom stereocenters. The third kappa shape index (κ3) is 3.90. The molecule has 160 valence electrons. The molecule has 3 heteroatoms. The van der Waals surface area contributed by atoms with Crippen molar-refractivity contribution in [2.75, 3.05) is 7.11 Å². The highest BCUT2D eigenvalue weighted by atomic mass is 16.5. The maximum Gasteiger partial charge on any atom is 0.335 e. The number of allylic oxidation sites excluding steroid dienone is 1. The van der Waals surface area contributed by atoms with Gasteiger partial charge in [-0.05, 0) is 71.4 Å².